The highest BCUT2D eigenvalue weighted by molar-refractivity contribution is 6.01. The van der Waals surface area contributed by atoms with Gasteiger partial charge in [-0.2, -0.15) is 5.26 Å². The molecule has 7 nitrogen and oxygen atoms in total. The van der Waals surface area contributed by atoms with E-state index in [0.717, 1.165) is 0 Å². The average molecular weight is 297 g/mol. The van der Waals surface area contributed by atoms with Gasteiger partial charge >= 0.3 is 6.03 Å². The molecule has 2 amide bonds. The lowest BCUT2D eigenvalue weighted by atomic mass is 10.2. The van der Waals surface area contributed by atoms with Crippen molar-refractivity contribution < 1.29 is 19.4 Å². The number of para-hydroxylation sites is 1. The van der Waals surface area contributed by atoms with Crippen LogP contribution in [0.5, 0.6) is 17.2 Å². The Bertz CT molecular complexity index is 783. The molecule has 0 aromatic heterocycles. The Balaban J connectivity index is 1.74. The van der Waals surface area contributed by atoms with Crippen LogP contribution in [0.1, 0.15) is 5.56 Å². The van der Waals surface area contributed by atoms with Crippen LogP contribution in [0.4, 0.5) is 16.2 Å². The summed E-state index contributed by atoms with van der Waals surface area (Å²) >= 11 is 0. The van der Waals surface area contributed by atoms with Crippen LogP contribution in [0.25, 0.3) is 0 Å². The second-order valence-corrected chi connectivity index (χ2v) is 4.46. The first-order valence-corrected chi connectivity index (χ1v) is 6.37. The van der Waals surface area contributed by atoms with Crippen LogP contribution in [0, 0.1) is 11.3 Å². The maximum atomic E-state index is 12.0. The second-order valence-electron chi connectivity index (χ2n) is 4.46. The minimum absolute atomic E-state index is 0.103. The van der Waals surface area contributed by atoms with Crippen molar-refractivity contribution in [3.05, 3.63) is 42.0 Å². The van der Waals surface area contributed by atoms with Gasteiger partial charge in [-0.3, -0.25) is 0 Å². The van der Waals surface area contributed by atoms with E-state index in [1.54, 1.807) is 18.2 Å². The van der Waals surface area contributed by atoms with Gasteiger partial charge < -0.3 is 25.2 Å². The van der Waals surface area contributed by atoms with Crippen molar-refractivity contribution in [1.82, 2.24) is 0 Å². The molecule has 2 aromatic rings. The van der Waals surface area contributed by atoms with Gasteiger partial charge in [0.25, 0.3) is 0 Å². The van der Waals surface area contributed by atoms with E-state index in [2.05, 4.69) is 10.6 Å². The van der Waals surface area contributed by atoms with E-state index in [0.29, 0.717) is 22.7 Å². The number of ether oxygens (including phenoxy) is 2. The zero-order chi connectivity index (χ0) is 15.5. The molecular formula is C15H11N3O4. The molecule has 2 aromatic carbocycles. The van der Waals surface area contributed by atoms with E-state index in [1.807, 2.05) is 6.07 Å². The van der Waals surface area contributed by atoms with Gasteiger partial charge in [0, 0.05) is 0 Å². The third-order valence-corrected chi connectivity index (χ3v) is 3.02. The van der Waals surface area contributed by atoms with E-state index >= 15 is 0 Å². The van der Waals surface area contributed by atoms with E-state index in [9.17, 15) is 9.90 Å². The molecule has 0 atom stereocenters. The Morgan fingerprint density at radius 3 is 2.77 bits per heavy atom. The van der Waals surface area contributed by atoms with Crippen molar-refractivity contribution in [3.8, 4) is 23.3 Å². The molecule has 22 heavy (non-hydrogen) atoms. The Kier molecular flexibility index (Phi) is 3.42. The number of amides is 2. The highest BCUT2D eigenvalue weighted by Gasteiger charge is 2.18. The molecule has 7 heteroatoms. The smallest absolute Gasteiger partial charge is 0.323 e. The van der Waals surface area contributed by atoms with Crippen LogP contribution in [-0.2, 0) is 0 Å². The lowest BCUT2D eigenvalue weighted by Gasteiger charge is -2.10. The van der Waals surface area contributed by atoms with Gasteiger partial charge in [0.1, 0.15) is 5.75 Å². The zero-order valence-electron chi connectivity index (χ0n) is 11.3. The fourth-order valence-corrected chi connectivity index (χ4v) is 2.01. The predicted molar refractivity (Wildman–Crippen MR) is 78.0 cm³/mol. The van der Waals surface area contributed by atoms with E-state index in [-0.39, 0.29) is 18.2 Å². The van der Waals surface area contributed by atoms with Gasteiger partial charge in [0.05, 0.1) is 23.0 Å². The number of nitrogens with one attached hydrogen (secondary N) is 2. The Morgan fingerprint density at radius 2 is 2.00 bits per heavy atom. The number of phenols is 1. The highest BCUT2D eigenvalue weighted by Crippen LogP contribution is 2.38. The summed E-state index contributed by atoms with van der Waals surface area (Å²) in [6.45, 7) is 0.103. The zero-order valence-corrected chi connectivity index (χ0v) is 11.3. The first-order chi connectivity index (χ1) is 10.7. The van der Waals surface area contributed by atoms with E-state index in [4.69, 9.17) is 14.7 Å². The maximum absolute atomic E-state index is 12.0. The molecule has 0 aliphatic carbocycles. The summed E-state index contributed by atoms with van der Waals surface area (Å²) < 4.78 is 10.5. The summed E-state index contributed by atoms with van der Waals surface area (Å²) in [6, 6.07) is 10.7. The van der Waals surface area contributed by atoms with Gasteiger partial charge in [-0.1, -0.05) is 6.07 Å². The molecule has 0 bridgehead atoms. The minimum Gasteiger partial charge on any atom is -0.506 e. The van der Waals surface area contributed by atoms with Crippen molar-refractivity contribution in [3.63, 3.8) is 0 Å². The molecule has 0 radical (unpaired) electrons. The van der Waals surface area contributed by atoms with Crippen molar-refractivity contribution in [2.75, 3.05) is 17.4 Å². The largest absolute Gasteiger partial charge is 0.506 e. The Morgan fingerprint density at radius 1 is 1.18 bits per heavy atom. The van der Waals surface area contributed by atoms with Gasteiger partial charge in [-0.15, -0.1) is 0 Å². The molecule has 0 saturated heterocycles. The second kappa shape index (κ2) is 5.54. The number of urea groups is 1. The third-order valence-electron chi connectivity index (χ3n) is 3.02. The number of fused-ring (bicyclic) bond motifs is 1. The predicted octanol–water partition coefficient (Wildman–Crippen LogP) is 2.64. The van der Waals surface area contributed by atoms with Crippen molar-refractivity contribution >= 4 is 17.4 Å². The molecule has 1 aliphatic heterocycles. The first-order valence-electron chi connectivity index (χ1n) is 6.37. The van der Waals surface area contributed by atoms with Gasteiger partial charge in [0.2, 0.25) is 6.79 Å². The average Bonchev–Trinajstić information content (AvgIpc) is 2.99. The lowest BCUT2D eigenvalue weighted by Crippen LogP contribution is -2.19. The molecule has 110 valence electrons. The molecule has 3 N–H and O–H groups in total. The van der Waals surface area contributed by atoms with Crippen molar-refractivity contribution in [2.45, 2.75) is 0 Å². The number of anilines is 2. The summed E-state index contributed by atoms with van der Waals surface area (Å²) in [4.78, 5) is 12.0. The van der Waals surface area contributed by atoms with Crippen LogP contribution in [0.2, 0.25) is 0 Å². The molecule has 0 fully saturated rings. The summed E-state index contributed by atoms with van der Waals surface area (Å²) in [5.74, 6) is 0.827. The first kappa shape index (κ1) is 13.6. The minimum atomic E-state index is -0.552. The summed E-state index contributed by atoms with van der Waals surface area (Å²) in [5, 5.41) is 23.6. The number of nitriles is 1. The SMILES string of the molecule is N#Cc1ccc(NC(=O)Nc2cccc3c2OCO3)c(O)c1. The van der Waals surface area contributed by atoms with Crippen LogP contribution < -0.4 is 20.1 Å². The third kappa shape index (κ3) is 2.58. The molecule has 1 heterocycles. The molecular weight excluding hydrogens is 286 g/mol. The quantitative estimate of drug-likeness (QED) is 0.739. The van der Waals surface area contributed by atoms with Crippen LogP contribution in [0.3, 0.4) is 0 Å². The Labute approximate surface area is 125 Å². The standard InChI is InChI=1S/C15H11N3O4/c16-7-9-4-5-10(12(19)6-9)17-15(20)18-11-2-1-3-13-14(11)22-8-21-13/h1-6,19H,8H2,(H2,17,18,20). The summed E-state index contributed by atoms with van der Waals surface area (Å²) in [7, 11) is 0. The molecule has 3 rings (SSSR count). The van der Waals surface area contributed by atoms with E-state index < -0.39 is 6.03 Å². The van der Waals surface area contributed by atoms with Gasteiger partial charge in [0.15, 0.2) is 11.5 Å². The maximum Gasteiger partial charge on any atom is 0.323 e. The monoisotopic (exact) mass is 297 g/mol. The van der Waals surface area contributed by atoms with Crippen LogP contribution in [-0.4, -0.2) is 17.9 Å². The number of phenolic OH excluding ortho intramolecular Hbond substituents is 1. The number of benzene rings is 2. The number of carbonyl (C=O) groups is 1. The van der Waals surface area contributed by atoms with Crippen molar-refractivity contribution in [2.24, 2.45) is 0 Å². The van der Waals surface area contributed by atoms with Gasteiger partial charge in [-0.25, -0.2) is 4.79 Å². The molecule has 0 unspecified atom stereocenters. The number of hydrogen-bond acceptors (Lipinski definition) is 5. The van der Waals surface area contributed by atoms with Crippen molar-refractivity contribution in [1.29, 1.82) is 5.26 Å². The number of hydrogen-bond donors (Lipinski definition) is 3. The number of rotatable bonds is 2. The number of aromatic hydroxyl groups is 1. The molecule has 1 aliphatic rings. The van der Waals surface area contributed by atoms with Crippen LogP contribution in [0.15, 0.2) is 36.4 Å². The molecule has 0 saturated carbocycles. The normalized spacial score (nSPS) is 11.6. The van der Waals surface area contributed by atoms with Crippen LogP contribution >= 0.6 is 0 Å². The summed E-state index contributed by atoms with van der Waals surface area (Å²) in [6.07, 6.45) is 0. The van der Waals surface area contributed by atoms with E-state index in [1.165, 1.54) is 18.2 Å². The number of nitrogens with zero attached hydrogens (tertiary/aromatic N) is 1. The number of carbonyl (C=O) groups excluding carboxylic acids is 1. The van der Waals surface area contributed by atoms with Gasteiger partial charge in [-0.05, 0) is 30.3 Å². The molecule has 0 spiro atoms. The Hall–Kier alpha value is -3.40. The fourth-order valence-electron chi connectivity index (χ4n) is 2.01. The topological polar surface area (TPSA) is 104 Å². The lowest BCUT2D eigenvalue weighted by molar-refractivity contribution is 0.174. The highest BCUT2D eigenvalue weighted by atomic mass is 16.7. The summed E-state index contributed by atoms with van der Waals surface area (Å²) in [5.41, 5.74) is 0.955. The fraction of sp³-hybridized carbons (Fsp3) is 0.0667.